The summed E-state index contributed by atoms with van der Waals surface area (Å²) in [4.78, 5) is 39.0. The van der Waals surface area contributed by atoms with Crippen LogP contribution in [0.4, 0.5) is 13.2 Å². The predicted molar refractivity (Wildman–Crippen MR) is 125 cm³/mol. The average Bonchev–Trinajstić information content (AvgIpc) is 3.08. The molecule has 5 rings (SSSR count). The number of alkyl halides is 3. The molecule has 5 unspecified atom stereocenters. The van der Waals surface area contributed by atoms with E-state index in [9.17, 15) is 32.7 Å². The molecule has 0 spiro atoms. The van der Waals surface area contributed by atoms with Crippen molar-refractivity contribution in [1.82, 2.24) is 5.32 Å². The number of benzene rings is 1. The number of hydrogen-bond donors (Lipinski definition) is 2. The largest absolute Gasteiger partial charge is 0.412 e. The lowest BCUT2D eigenvalue weighted by molar-refractivity contribution is -0.181. The second-order valence-electron chi connectivity index (χ2n) is 11.3. The second kappa shape index (κ2) is 8.13. The van der Waals surface area contributed by atoms with Crippen molar-refractivity contribution < 1.29 is 32.7 Å². The molecule has 0 radical (unpaired) electrons. The molecule has 192 valence electrons. The monoisotopic (exact) mass is 501 g/mol. The lowest BCUT2D eigenvalue weighted by Crippen LogP contribution is -2.62. The Kier molecular flexibility index (Phi) is 5.63. The summed E-state index contributed by atoms with van der Waals surface area (Å²) in [6.07, 6.45) is 1.74. The van der Waals surface area contributed by atoms with Crippen molar-refractivity contribution in [3.8, 4) is 0 Å². The number of ketones is 2. The third-order valence-electron chi connectivity index (χ3n) is 9.52. The van der Waals surface area contributed by atoms with Gasteiger partial charge in [-0.3, -0.25) is 14.4 Å². The molecule has 3 fully saturated rings. The van der Waals surface area contributed by atoms with Crippen molar-refractivity contribution in [1.29, 1.82) is 0 Å². The fourth-order valence-electron chi connectivity index (χ4n) is 7.66. The van der Waals surface area contributed by atoms with Crippen molar-refractivity contribution in [2.24, 2.45) is 28.6 Å². The smallest absolute Gasteiger partial charge is 0.379 e. The normalized spacial score (nSPS) is 38.5. The van der Waals surface area contributed by atoms with Gasteiger partial charge in [0.2, 0.25) is 0 Å². The Bertz CT molecular complexity index is 1170. The predicted octanol–water partition coefficient (Wildman–Crippen LogP) is 4.62. The fourth-order valence-corrected chi connectivity index (χ4v) is 7.66. The van der Waals surface area contributed by atoms with Crippen molar-refractivity contribution in [3.63, 3.8) is 0 Å². The van der Waals surface area contributed by atoms with Gasteiger partial charge in [-0.05, 0) is 55.2 Å². The third-order valence-corrected chi connectivity index (χ3v) is 9.52. The molecule has 0 saturated heterocycles. The molecule has 0 aliphatic heterocycles. The van der Waals surface area contributed by atoms with Crippen LogP contribution in [-0.2, 0) is 14.4 Å². The van der Waals surface area contributed by atoms with Crippen LogP contribution in [0.15, 0.2) is 54.1 Å². The first-order valence-electron chi connectivity index (χ1n) is 12.4. The van der Waals surface area contributed by atoms with Crippen LogP contribution in [0.3, 0.4) is 0 Å². The zero-order valence-corrected chi connectivity index (χ0v) is 20.3. The number of amides is 1. The number of hydrogen-bond acceptors (Lipinski definition) is 4. The van der Waals surface area contributed by atoms with Gasteiger partial charge in [0.05, 0.1) is 0 Å². The Balaban J connectivity index is 1.46. The molecule has 4 aliphatic rings. The van der Waals surface area contributed by atoms with Crippen LogP contribution in [0.1, 0.15) is 57.6 Å². The Hall–Kier alpha value is -2.74. The summed E-state index contributed by atoms with van der Waals surface area (Å²) in [5, 5.41) is 13.8. The number of rotatable bonds is 3. The quantitative estimate of drug-likeness (QED) is 0.633. The topological polar surface area (TPSA) is 83.5 Å². The summed E-state index contributed by atoms with van der Waals surface area (Å²) in [5.74, 6) is -2.03. The molecule has 8 heteroatoms. The van der Waals surface area contributed by atoms with E-state index in [1.165, 1.54) is 30.3 Å². The van der Waals surface area contributed by atoms with Crippen LogP contribution in [0.5, 0.6) is 0 Å². The zero-order chi connectivity index (χ0) is 26.1. The lowest BCUT2D eigenvalue weighted by atomic mass is 9.47. The van der Waals surface area contributed by atoms with E-state index in [1.807, 2.05) is 13.0 Å². The summed E-state index contributed by atoms with van der Waals surface area (Å²) in [7, 11) is 0. The van der Waals surface area contributed by atoms with Gasteiger partial charge in [0, 0.05) is 23.2 Å². The number of aliphatic hydroxyl groups is 1. The van der Waals surface area contributed by atoms with Crippen LogP contribution in [-0.4, -0.2) is 34.4 Å². The van der Waals surface area contributed by atoms with Gasteiger partial charge in [0.1, 0.15) is 11.4 Å². The van der Waals surface area contributed by atoms with Crippen molar-refractivity contribution in [3.05, 3.63) is 59.7 Å². The Morgan fingerprint density at radius 2 is 1.83 bits per heavy atom. The maximum atomic E-state index is 13.9. The number of nitrogens with one attached hydrogen (secondary N) is 1. The number of carbonyl (C=O) groups is 3. The van der Waals surface area contributed by atoms with Crippen LogP contribution in [0.2, 0.25) is 0 Å². The molecular weight excluding hydrogens is 471 g/mol. The number of halogens is 3. The van der Waals surface area contributed by atoms with Gasteiger partial charge >= 0.3 is 6.18 Å². The molecular formula is C28H30F3NO4. The standard InChI is InChI=1S/C28H30F3NO4/c1-25-12-10-18(33)14-17(25)8-9-19-20-11-13-27(36,26(20,2)15-21(34)22(19)25)24(35)32-23(28(29,30)31)16-6-4-3-5-7-16/h3-7,10,12,14,19-20,22-23,36H,8-9,11,13,15H2,1-2H3,(H,32,35)/t19?,20?,22?,23-,25?,26?,27-/m0/s1. The van der Waals surface area contributed by atoms with E-state index in [-0.39, 0.29) is 41.8 Å². The minimum Gasteiger partial charge on any atom is -0.379 e. The maximum absolute atomic E-state index is 13.9. The molecule has 7 atom stereocenters. The highest BCUT2D eigenvalue weighted by atomic mass is 19.4. The van der Waals surface area contributed by atoms with Gasteiger partial charge in [-0.15, -0.1) is 0 Å². The molecule has 5 nitrogen and oxygen atoms in total. The number of carbonyl (C=O) groups excluding carboxylic acids is 3. The summed E-state index contributed by atoms with van der Waals surface area (Å²) in [6.45, 7) is 3.64. The molecule has 0 heterocycles. The first-order chi connectivity index (χ1) is 16.8. The van der Waals surface area contributed by atoms with E-state index in [4.69, 9.17) is 0 Å². The van der Waals surface area contributed by atoms with Gasteiger partial charge in [-0.25, -0.2) is 0 Å². The van der Waals surface area contributed by atoms with E-state index >= 15 is 0 Å². The number of Topliss-reactive ketones (excluding diaryl/α,β-unsaturated/α-hetero) is 1. The summed E-state index contributed by atoms with van der Waals surface area (Å²) in [6, 6.07) is 4.81. The first kappa shape index (κ1) is 24.9. The van der Waals surface area contributed by atoms with E-state index in [0.29, 0.717) is 19.3 Å². The highest BCUT2D eigenvalue weighted by molar-refractivity contribution is 6.02. The van der Waals surface area contributed by atoms with Crippen LogP contribution in [0.25, 0.3) is 0 Å². The highest BCUT2D eigenvalue weighted by Gasteiger charge is 2.69. The molecule has 36 heavy (non-hydrogen) atoms. The lowest BCUT2D eigenvalue weighted by Gasteiger charge is -2.56. The minimum atomic E-state index is -4.76. The SMILES string of the molecule is CC12C=CC(=O)C=C1CCC1C2C(=O)CC2(C)C1CC[C@]2(O)C(=O)N[C@@H](c1ccccc1)C(F)(F)F. The fraction of sp³-hybridized carbons (Fsp3) is 0.536. The number of allylic oxidation sites excluding steroid dienone is 4. The van der Waals surface area contributed by atoms with Crippen molar-refractivity contribution in [2.75, 3.05) is 0 Å². The van der Waals surface area contributed by atoms with Gasteiger partial charge in [-0.2, -0.15) is 13.2 Å². The van der Waals surface area contributed by atoms with E-state index in [0.717, 1.165) is 5.57 Å². The highest BCUT2D eigenvalue weighted by Crippen LogP contribution is 2.66. The van der Waals surface area contributed by atoms with Crippen LogP contribution >= 0.6 is 0 Å². The summed E-state index contributed by atoms with van der Waals surface area (Å²) < 4.78 is 41.8. The summed E-state index contributed by atoms with van der Waals surface area (Å²) in [5.41, 5.74) is -3.10. The Morgan fingerprint density at radius 3 is 2.50 bits per heavy atom. The second-order valence-corrected chi connectivity index (χ2v) is 11.3. The number of fused-ring (bicyclic) bond motifs is 5. The first-order valence-corrected chi connectivity index (χ1v) is 12.4. The average molecular weight is 502 g/mol. The van der Waals surface area contributed by atoms with Gasteiger partial charge in [0.15, 0.2) is 11.8 Å². The molecule has 1 amide bonds. The van der Waals surface area contributed by atoms with Crippen molar-refractivity contribution >= 4 is 17.5 Å². The van der Waals surface area contributed by atoms with Gasteiger partial charge in [-0.1, -0.05) is 55.8 Å². The zero-order valence-electron chi connectivity index (χ0n) is 20.3. The molecule has 0 bridgehead atoms. The minimum absolute atomic E-state index is 0.0103. The third kappa shape index (κ3) is 3.51. The molecule has 0 aromatic heterocycles. The van der Waals surface area contributed by atoms with Crippen LogP contribution in [0, 0.1) is 28.6 Å². The van der Waals surface area contributed by atoms with Crippen molar-refractivity contribution in [2.45, 2.75) is 63.8 Å². The molecule has 2 N–H and O–H groups in total. The molecule has 1 aromatic carbocycles. The molecule has 1 aromatic rings. The van der Waals surface area contributed by atoms with Gasteiger partial charge < -0.3 is 10.4 Å². The van der Waals surface area contributed by atoms with Crippen LogP contribution < -0.4 is 5.32 Å². The molecule has 4 aliphatic carbocycles. The summed E-state index contributed by atoms with van der Waals surface area (Å²) >= 11 is 0. The van der Waals surface area contributed by atoms with Gasteiger partial charge in [0.25, 0.3) is 5.91 Å². The molecule has 3 saturated carbocycles. The van der Waals surface area contributed by atoms with E-state index in [2.05, 4.69) is 5.32 Å². The van der Waals surface area contributed by atoms with E-state index < -0.39 is 40.5 Å². The maximum Gasteiger partial charge on any atom is 0.412 e. The Morgan fingerprint density at radius 1 is 1.14 bits per heavy atom. The van der Waals surface area contributed by atoms with E-state index in [1.54, 1.807) is 19.1 Å². The Labute approximate surface area is 207 Å².